The van der Waals surface area contributed by atoms with Crippen molar-refractivity contribution in [1.29, 1.82) is 0 Å². The molecule has 1 amide bonds. The third-order valence-electron chi connectivity index (χ3n) is 3.88. The normalized spacial score (nSPS) is 24.3. The van der Waals surface area contributed by atoms with Gasteiger partial charge in [-0.15, -0.1) is 0 Å². The summed E-state index contributed by atoms with van der Waals surface area (Å²) in [5, 5.41) is 11.6. The molecule has 0 aromatic rings. The van der Waals surface area contributed by atoms with Crippen molar-refractivity contribution in [1.82, 2.24) is 10.2 Å². The first-order valence-corrected chi connectivity index (χ1v) is 6.36. The highest BCUT2D eigenvalue weighted by atomic mass is 19.4. The number of hydrogen-bond donors (Lipinski definition) is 2. The third kappa shape index (κ3) is 4.35. The SMILES string of the molecule is CC(C)C1(CO)CCN(C(=O)CNCC(F)(F)F)C1. The molecule has 0 aromatic carbocycles. The van der Waals surface area contributed by atoms with Crippen LogP contribution in [0.2, 0.25) is 0 Å². The van der Waals surface area contributed by atoms with E-state index in [1.54, 1.807) is 0 Å². The predicted octanol–water partition coefficient (Wildman–Crippen LogP) is 1.01. The number of likely N-dealkylation sites (tertiary alicyclic amines) is 1. The van der Waals surface area contributed by atoms with Gasteiger partial charge in [0.25, 0.3) is 0 Å². The van der Waals surface area contributed by atoms with E-state index in [4.69, 9.17) is 0 Å². The molecule has 0 saturated carbocycles. The highest BCUT2D eigenvalue weighted by Gasteiger charge is 2.41. The smallest absolute Gasteiger partial charge is 0.396 e. The Morgan fingerprint density at radius 1 is 1.47 bits per heavy atom. The van der Waals surface area contributed by atoms with Crippen LogP contribution >= 0.6 is 0 Å². The average molecular weight is 282 g/mol. The number of hydrogen-bond acceptors (Lipinski definition) is 3. The number of halogens is 3. The molecule has 1 atom stereocenters. The Balaban J connectivity index is 2.44. The van der Waals surface area contributed by atoms with E-state index in [0.717, 1.165) is 0 Å². The molecular weight excluding hydrogens is 261 g/mol. The van der Waals surface area contributed by atoms with Crippen LogP contribution in [0.1, 0.15) is 20.3 Å². The topological polar surface area (TPSA) is 52.6 Å². The maximum atomic E-state index is 11.9. The molecule has 1 fully saturated rings. The van der Waals surface area contributed by atoms with Crippen molar-refractivity contribution in [2.24, 2.45) is 11.3 Å². The zero-order chi connectivity index (χ0) is 14.7. The molecule has 1 unspecified atom stereocenters. The molecule has 1 aliphatic rings. The van der Waals surface area contributed by atoms with Crippen molar-refractivity contribution in [3.63, 3.8) is 0 Å². The van der Waals surface area contributed by atoms with E-state index in [1.165, 1.54) is 4.90 Å². The van der Waals surface area contributed by atoms with Gasteiger partial charge in [0, 0.05) is 18.5 Å². The minimum absolute atomic E-state index is 0.00950. The maximum Gasteiger partial charge on any atom is 0.401 e. The lowest BCUT2D eigenvalue weighted by Gasteiger charge is -2.31. The van der Waals surface area contributed by atoms with Gasteiger partial charge in [0.15, 0.2) is 0 Å². The Morgan fingerprint density at radius 2 is 2.11 bits per heavy atom. The van der Waals surface area contributed by atoms with Gasteiger partial charge in [-0.1, -0.05) is 13.8 Å². The molecule has 0 bridgehead atoms. The summed E-state index contributed by atoms with van der Waals surface area (Å²) in [6.45, 7) is 3.36. The second-order valence-electron chi connectivity index (χ2n) is 5.46. The van der Waals surface area contributed by atoms with E-state index in [2.05, 4.69) is 5.32 Å². The minimum Gasteiger partial charge on any atom is -0.396 e. The van der Waals surface area contributed by atoms with Gasteiger partial charge in [-0.2, -0.15) is 13.2 Å². The van der Waals surface area contributed by atoms with Gasteiger partial charge in [0.1, 0.15) is 0 Å². The Morgan fingerprint density at radius 3 is 2.53 bits per heavy atom. The Hall–Kier alpha value is -0.820. The van der Waals surface area contributed by atoms with E-state index in [0.29, 0.717) is 19.5 Å². The van der Waals surface area contributed by atoms with E-state index in [9.17, 15) is 23.1 Å². The van der Waals surface area contributed by atoms with Crippen LogP contribution in [0.25, 0.3) is 0 Å². The summed E-state index contributed by atoms with van der Waals surface area (Å²) in [6.07, 6.45) is -3.62. The lowest BCUT2D eigenvalue weighted by atomic mass is 9.77. The molecular formula is C12H21F3N2O2. The lowest BCUT2D eigenvalue weighted by molar-refractivity contribution is -0.134. The fourth-order valence-electron chi connectivity index (χ4n) is 2.31. The van der Waals surface area contributed by atoms with Crippen molar-refractivity contribution < 1.29 is 23.1 Å². The summed E-state index contributed by atoms with van der Waals surface area (Å²) in [4.78, 5) is 13.3. The fourth-order valence-corrected chi connectivity index (χ4v) is 2.31. The molecule has 1 rings (SSSR count). The van der Waals surface area contributed by atoms with Gasteiger partial charge in [-0.05, 0) is 12.3 Å². The number of rotatable bonds is 5. The minimum atomic E-state index is -4.31. The summed E-state index contributed by atoms with van der Waals surface area (Å²) < 4.78 is 35.8. The number of amides is 1. The van der Waals surface area contributed by atoms with Crippen LogP contribution in [-0.2, 0) is 4.79 Å². The number of nitrogens with one attached hydrogen (secondary N) is 1. The molecule has 2 N–H and O–H groups in total. The number of carbonyl (C=O) groups is 1. The van der Waals surface area contributed by atoms with Crippen LogP contribution < -0.4 is 5.32 Å². The van der Waals surface area contributed by atoms with Gasteiger partial charge in [0.2, 0.25) is 5.91 Å². The summed E-state index contributed by atoms with van der Waals surface area (Å²) in [5.74, 6) is -0.126. The van der Waals surface area contributed by atoms with Crippen LogP contribution in [0.4, 0.5) is 13.2 Å². The lowest BCUT2D eigenvalue weighted by Crippen LogP contribution is -2.42. The van der Waals surface area contributed by atoms with Crippen LogP contribution in [0.3, 0.4) is 0 Å². The molecule has 0 aromatic heterocycles. The van der Waals surface area contributed by atoms with E-state index in [1.807, 2.05) is 13.8 Å². The Bertz CT molecular complexity index is 321. The van der Waals surface area contributed by atoms with Crippen LogP contribution in [0.15, 0.2) is 0 Å². The third-order valence-corrected chi connectivity index (χ3v) is 3.88. The number of aliphatic hydroxyl groups excluding tert-OH is 1. The van der Waals surface area contributed by atoms with Gasteiger partial charge in [-0.3, -0.25) is 4.79 Å². The van der Waals surface area contributed by atoms with Crippen molar-refractivity contribution in [2.45, 2.75) is 26.4 Å². The second kappa shape index (κ2) is 6.09. The van der Waals surface area contributed by atoms with Gasteiger partial charge in [0.05, 0.1) is 19.7 Å². The quantitative estimate of drug-likeness (QED) is 0.791. The van der Waals surface area contributed by atoms with Crippen molar-refractivity contribution in [2.75, 3.05) is 32.8 Å². The predicted molar refractivity (Wildman–Crippen MR) is 64.5 cm³/mol. The molecule has 112 valence electrons. The molecule has 0 radical (unpaired) electrons. The number of alkyl halides is 3. The van der Waals surface area contributed by atoms with Gasteiger partial charge in [-0.25, -0.2) is 0 Å². The van der Waals surface area contributed by atoms with E-state index >= 15 is 0 Å². The van der Waals surface area contributed by atoms with E-state index < -0.39 is 12.7 Å². The molecule has 19 heavy (non-hydrogen) atoms. The summed E-state index contributed by atoms with van der Waals surface area (Å²) >= 11 is 0. The summed E-state index contributed by atoms with van der Waals surface area (Å²) in [7, 11) is 0. The molecule has 1 heterocycles. The zero-order valence-electron chi connectivity index (χ0n) is 11.3. The Kier molecular flexibility index (Phi) is 5.20. The molecule has 7 heteroatoms. The highest BCUT2D eigenvalue weighted by molar-refractivity contribution is 5.78. The van der Waals surface area contributed by atoms with Gasteiger partial charge >= 0.3 is 6.18 Å². The Labute approximate surface area is 111 Å². The maximum absolute atomic E-state index is 11.9. The summed E-state index contributed by atoms with van der Waals surface area (Å²) in [6, 6.07) is 0. The van der Waals surface area contributed by atoms with Crippen molar-refractivity contribution in [3.05, 3.63) is 0 Å². The average Bonchev–Trinajstić information content (AvgIpc) is 2.72. The molecule has 0 aliphatic carbocycles. The van der Waals surface area contributed by atoms with Crippen LogP contribution in [-0.4, -0.2) is 54.9 Å². The zero-order valence-corrected chi connectivity index (χ0v) is 11.3. The van der Waals surface area contributed by atoms with Crippen molar-refractivity contribution in [3.8, 4) is 0 Å². The van der Waals surface area contributed by atoms with Gasteiger partial charge < -0.3 is 15.3 Å². The van der Waals surface area contributed by atoms with Crippen LogP contribution in [0.5, 0.6) is 0 Å². The van der Waals surface area contributed by atoms with Crippen molar-refractivity contribution >= 4 is 5.91 Å². The standard InChI is InChI=1S/C12H21F3N2O2/c1-9(2)11(8-18)3-4-17(7-11)10(19)5-16-6-12(13,14)15/h9,16,18H,3-8H2,1-2H3. The first-order valence-electron chi connectivity index (χ1n) is 6.36. The highest BCUT2D eigenvalue weighted by Crippen LogP contribution is 2.37. The summed E-state index contributed by atoms with van der Waals surface area (Å²) in [5.41, 5.74) is -0.320. The van der Waals surface area contributed by atoms with Crippen LogP contribution in [0, 0.1) is 11.3 Å². The molecule has 1 aliphatic heterocycles. The molecule has 1 saturated heterocycles. The largest absolute Gasteiger partial charge is 0.401 e. The molecule has 0 spiro atoms. The number of aliphatic hydroxyl groups is 1. The first kappa shape index (κ1) is 16.2. The first-order chi connectivity index (χ1) is 8.70. The number of carbonyl (C=O) groups excluding carboxylic acids is 1. The molecule has 4 nitrogen and oxygen atoms in total. The number of nitrogens with zero attached hydrogens (tertiary/aromatic N) is 1. The monoisotopic (exact) mass is 282 g/mol. The van der Waals surface area contributed by atoms with E-state index in [-0.39, 0.29) is 30.4 Å². The second-order valence-corrected chi connectivity index (χ2v) is 5.46. The fraction of sp³-hybridized carbons (Fsp3) is 0.917.